The van der Waals surface area contributed by atoms with Gasteiger partial charge in [-0.3, -0.25) is 9.59 Å². The van der Waals surface area contributed by atoms with E-state index in [1.54, 1.807) is 18.2 Å². The Bertz CT molecular complexity index is 1090. The number of aryl methyl sites for hydroxylation is 1. The van der Waals surface area contributed by atoms with Crippen molar-refractivity contribution in [1.82, 2.24) is 24.8 Å². The normalized spacial score (nSPS) is 13.1. The van der Waals surface area contributed by atoms with Crippen molar-refractivity contribution in [2.24, 2.45) is 0 Å². The van der Waals surface area contributed by atoms with Crippen molar-refractivity contribution in [1.29, 1.82) is 0 Å². The predicted molar refractivity (Wildman–Crippen MR) is 105 cm³/mol. The first kappa shape index (κ1) is 20.0. The van der Waals surface area contributed by atoms with Gasteiger partial charge >= 0.3 is 0 Å². The fraction of sp³-hybridized carbons (Fsp3) is 0.316. The molecule has 1 amide bonds. The summed E-state index contributed by atoms with van der Waals surface area (Å²) in [5, 5.41) is 10.1. The zero-order valence-electron chi connectivity index (χ0n) is 15.4. The van der Waals surface area contributed by atoms with Crippen LogP contribution in [0.25, 0.3) is 5.65 Å². The number of nitrogens with one attached hydrogen (secondary N) is 2. The van der Waals surface area contributed by atoms with E-state index >= 15 is 0 Å². The van der Waals surface area contributed by atoms with Gasteiger partial charge in [-0.2, -0.15) is 9.61 Å². The highest BCUT2D eigenvalue weighted by Crippen LogP contribution is 2.18. The second-order valence-corrected chi connectivity index (χ2v) is 6.47. The SMILES string of the molecule is CCn1c2c(c(=O)n3ncc(C(=O)NCc4ccccc4F)c13)CNCC2.Cl. The van der Waals surface area contributed by atoms with Crippen molar-refractivity contribution >= 4 is 24.0 Å². The number of hydrogen-bond donors (Lipinski definition) is 2. The summed E-state index contributed by atoms with van der Waals surface area (Å²) < 4.78 is 17.0. The zero-order valence-corrected chi connectivity index (χ0v) is 16.2. The molecule has 0 bridgehead atoms. The molecule has 0 radical (unpaired) electrons. The molecule has 0 aliphatic carbocycles. The molecule has 1 aromatic carbocycles. The lowest BCUT2D eigenvalue weighted by Gasteiger charge is -2.22. The molecule has 1 aliphatic rings. The van der Waals surface area contributed by atoms with Crippen LogP contribution in [-0.4, -0.2) is 26.6 Å². The topological polar surface area (TPSA) is 80.4 Å². The van der Waals surface area contributed by atoms with Crippen molar-refractivity contribution in [3.8, 4) is 0 Å². The molecule has 2 N–H and O–H groups in total. The van der Waals surface area contributed by atoms with Crippen molar-refractivity contribution in [3.05, 3.63) is 69.0 Å². The lowest BCUT2D eigenvalue weighted by molar-refractivity contribution is 0.0952. The molecule has 0 atom stereocenters. The monoisotopic (exact) mass is 405 g/mol. The van der Waals surface area contributed by atoms with Gasteiger partial charge in [0.05, 0.1) is 11.8 Å². The molecule has 0 saturated heterocycles. The Kier molecular flexibility index (Phi) is 5.81. The molecule has 3 heterocycles. The Labute approximate surface area is 167 Å². The maximum absolute atomic E-state index is 13.8. The molecule has 148 valence electrons. The van der Waals surface area contributed by atoms with Crippen LogP contribution in [0.5, 0.6) is 0 Å². The summed E-state index contributed by atoms with van der Waals surface area (Å²) in [6, 6.07) is 6.29. The number of benzene rings is 1. The molecule has 0 unspecified atom stereocenters. The van der Waals surface area contributed by atoms with E-state index in [1.807, 2.05) is 11.5 Å². The Morgan fingerprint density at radius 2 is 2.14 bits per heavy atom. The minimum Gasteiger partial charge on any atom is -0.348 e. The molecule has 9 heteroatoms. The van der Waals surface area contributed by atoms with Gasteiger partial charge in [0, 0.05) is 43.9 Å². The van der Waals surface area contributed by atoms with Gasteiger partial charge in [-0.05, 0) is 13.0 Å². The van der Waals surface area contributed by atoms with E-state index in [0.29, 0.717) is 35.4 Å². The molecule has 3 aromatic rings. The maximum atomic E-state index is 13.8. The number of carbonyl (C=O) groups is 1. The van der Waals surface area contributed by atoms with Gasteiger partial charge in [-0.1, -0.05) is 18.2 Å². The molecule has 0 saturated carbocycles. The van der Waals surface area contributed by atoms with Crippen molar-refractivity contribution in [2.75, 3.05) is 6.54 Å². The van der Waals surface area contributed by atoms with Crippen LogP contribution in [0.1, 0.15) is 34.1 Å². The van der Waals surface area contributed by atoms with Crippen LogP contribution in [0.4, 0.5) is 4.39 Å². The number of carbonyl (C=O) groups excluding carboxylic acids is 1. The molecular weight excluding hydrogens is 385 g/mol. The lowest BCUT2D eigenvalue weighted by atomic mass is 10.1. The summed E-state index contributed by atoms with van der Waals surface area (Å²) in [7, 11) is 0. The number of hydrogen-bond acceptors (Lipinski definition) is 4. The summed E-state index contributed by atoms with van der Waals surface area (Å²) in [6.07, 6.45) is 2.12. The van der Waals surface area contributed by atoms with E-state index in [2.05, 4.69) is 15.7 Å². The minimum atomic E-state index is -0.385. The third-order valence-electron chi connectivity index (χ3n) is 4.92. The van der Waals surface area contributed by atoms with Gasteiger partial charge in [-0.15, -0.1) is 12.4 Å². The molecule has 0 fully saturated rings. The first-order valence-corrected chi connectivity index (χ1v) is 8.96. The van der Waals surface area contributed by atoms with E-state index in [1.165, 1.54) is 16.8 Å². The van der Waals surface area contributed by atoms with Crippen molar-refractivity contribution in [3.63, 3.8) is 0 Å². The smallest absolute Gasteiger partial charge is 0.279 e. The first-order chi connectivity index (χ1) is 13.1. The average Bonchev–Trinajstić information content (AvgIpc) is 3.13. The average molecular weight is 406 g/mol. The lowest BCUT2D eigenvalue weighted by Crippen LogP contribution is -2.36. The van der Waals surface area contributed by atoms with E-state index in [0.717, 1.165) is 18.7 Å². The Hall–Kier alpha value is -2.71. The predicted octanol–water partition coefficient (Wildman–Crippen LogP) is 1.65. The molecular formula is C19H21ClFN5O2. The number of amides is 1. The molecule has 7 nitrogen and oxygen atoms in total. The van der Waals surface area contributed by atoms with Gasteiger partial charge in [0.2, 0.25) is 0 Å². The zero-order chi connectivity index (χ0) is 19.0. The van der Waals surface area contributed by atoms with E-state index in [-0.39, 0.29) is 36.2 Å². The highest BCUT2D eigenvalue weighted by Gasteiger charge is 2.24. The fourth-order valence-corrected chi connectivity index (χ4v) is 3.59. The Morgan fingerprint density at radius 3 is 2.89 bits per heavy atom. The van der Waals surface area contributed by atoms with E-state index < -0.39 is 0 Å². The number of nitrogens with zero attached hydrogens (tertiary/aromatic N) is 3. The molecule has 0 spiro atoms. The molecule has 1 aliphatic heterocycles. The number of fused-ring (bicyclic) bond motifs is 2. The van der Waals surface area contributed by atoms with Gasteiger partial charge in [0.1, 0.15) is 11.4 Å². The highest BCUT2D eigenvalue weighted by atomic mass is 35.5. The molecule has 2 aromatic heterocycles. The van der Waals surface area contributed by atoms with Gasteiger partial charge in [0.25, 0.3) is 11.5 Å². The van der Waals surface area contributed by atoms with Crippen LogP contribution in [0.3, 0.4) is 0 Å². The standard InChI is InChI=1S/C19H20FN5O2.ClH/c1-2-24-16-7-8-21-10-13(16)19(27)25-18(24)14(11-23-25)17(26)22-9-12-5-3-4-6-15(12)20;/h3-6,11,21H,2,7-10H2,1H3,(H,22,26);1H. The largest absolute Gasteiger partial charge is 0.348 e. The number of aromatic nitrogens is 3. The summed E-state index contributed by atoms with van der Waals surface area (Å²) in [5.41, 5.74) is 2.62. The van der Waals surface area contributed by atoms with Crippen molar-refractivity contribution in [2.45, 2.75) is 33.0 Å². The number of rotatable bonds is 4. The highest BCUT2D eigenvalue weighted by molar-refractivity contribution is 5.99. The van der Waals surface area contributed by atoms with Gasteiger partial charge < -0.3 is 15.2 Å². The van der Waals surface area contributed by atoms with E-state index in [4.69, 9.17) is 0 Å². The molecule has 28 heavy (non-hydrogen) atoms. The maximum Gasteiger partial charge on any atom is 0.279 e. The Morgan fingerprint density at radius 1 is 1.36 bits per heavy atom. The summed E-state index contributed by atoms with van der Waals surface area (Å²) >= 11 is 0. The van der Waals surface area contributed by atoms with Crippen molar-refractivity contribution < 1.29 is 9.18 Å². The summed E-state index contributed by atoms with van der Waals surface area (Å²) in [4.78, 5) is 25.5. The second kappa shape index (κ2) is 8.12. The van der Waals surface area contributed by atoms with Crippen LogP contribution in [-0.2, 0) is 26.1 Å². The van der Waals surface area contributed by atoms with E-state index in [9.17, 15) is 14.0 Å². The minimum absolute atomic E-state index is 0. The number of halogens is 2. The summed E-state index contributed by atoms with van der Waals surface area (Å²) in [6.45, 7) is 3.94. The Balaban J connectivity index is 0.00000225. The first-order valence-electron chi connectivity index (χ1n) is 8.96. The third-order valence-corrected chi connectivity index (χ3v) is 4.92. The van der Waals surface area contributed by atoms with Crippen LogP contribution < -0.4 is 16.2 Å². The quantitative estimate of drug-likeness (QED) is 0.691. The van der Waals surface area contributed by atoms with Crippen LogP contribution in [0, 0.1) is 5.82 Å². The second-order valence-electron chi connectivity index (χ2n) is 6.47. The fourth-order valence-electron chi connectivity index (χ4n) is 3.59. The van der Waals surface area contributed by atoms with Gasteiger partial charge in [-0.25, -0.2) is 4.39 Å². The van der Waals surface area contributed by atoms with Gasteiger partial charge in [0.15, 0.2) is 5.65 Å². The van der Waals surface area contributed by atoms with Crippen LogP contribution >= 0.6 is 12.4 Å². The summed E-state index contributed by atoms with van der Waals surface area (Å²) in [5.74, 6) is -0.756. The molecule has 4 rings (SSSR count). The van der Waals surface area contributed by atoms with Crippen LogP contribution in [0.2, 0.25) is 0 Å². The third kappa shape index (κ3) is 3.29. The van der Waals surface area contributed by atoms with Crippen LogP contribution in [0.15, 0.2) is 35.3 Å².